The number of ether oxygens (including phenoxy) is 1. The van der Waals surface area contributed by atoms with E-state index < -0.39 is 35.2 Å². The first kappa shape index (κ1) is 16.4. The van der Waals surface area contributed by atoms with Crippen LogP contribution in [0.3, 0.4) is 0 Å². The summed E-state index contributed by atoms with van der Waals surface area (Å²) in [6.45, 7) is 2.56. The molecule has 0 radical (unpaired) electrons. The first-order chi connectivity index (χ1) is 11.5. The lowest BCUT2D eigenvalue weighted by molar-refractivity contribution is 0.00708. The molecule has 1 fully saturated rings. The lowest BCUT2D eigenvalue weighted by atomic mass is 10.2. The van der Waals surface area contributed by atoms with Crippen molar-refractivity contribution in [3.63, 3.8) is 0 Å². The molecule has 2 aromatic rings. The molecule has 1 saturated heterocycles. The lowest BCUT2D eigenvalue weighted by Gasteiger charge is -2.34. The molecule has 0 bridgehead atoms. The van der Waals surface area contributed by atoms with Crippen LogP contribution in [0.4, 0.5) is 23.7 Å². The number of furan rings is 1. The molecule has 3 rings (SSSR count). The van der Waals surface area contributed by atoms with Gasteiger partial charge in [0.15, 0.2) is 11.6 Å². The first-order valence-corrected chi connectivity index (χ1v) is 7.32. The van der Waals surface area contributed by atoms with E-state index in [9.17, 15) is 18.0 Å². The number of halogens is 3. The number of nitrogens with one attached hydrogen (secondary N) is 1. The average Bonchev–Trinajstić information content (AvgIpc) is 2.99. The molecule has 0 saturated carbocycles. The number of benzene rings is 1. The molecule has 0 unspecified atom stereocenters. The van der Waals surface area contributed by atoms with Crippen LogP contribution in [0, 0.1) is 24.4 Å². The van der Waals surface area contributed by atoms with Gasteiger partial charge < -0.3 is 19.4 Å². The molecule has 5 nitrogen and oxygen atoms in total. The Morgan fingerprint density at radius 3 is 2.67 bits per heavy atom. The zero-order chi connectivity index (χ0) is 17.3. The summed E-state index contributed by atoms with van der Waals surface area (Å²) in [5.74, 6) is -2.40. The summed E-state index contributed by atoms with van der Waals surface area (Å²) in [5, 5.41) is 2.26. The van der Waals surface area contributed by atoms with Crippen molar-refractivity contribution in [3.8, 4) is 0 Å². The Morgan fingerprint density at radius 2 is 1.96 bits per heavy atom. The first-order valence-electron chi connectivity index (χ1n) is 7.32. The van der Waals surface area contributed by atoms with Crippen LogP contribution >= 0.6 is 0 Å². The van der Waals surface area contributed by atoms with Gasteiger partial charge in [-0.1, -0.05) is 0 Å². The summed E-state index contributed by atoms with van der Waals surface area (Å²) < 4.78 is 50.8. The van der Waals surface area contributed by atoms with Gasteiger partial charge in [-0.2, -0.15) is 0 Å². The number of nitrogens with zero attached hydrogens (tertiary/aromatic N) is 1. The molecule has 1 atom stereocenters. The predicted octanol–water partition coefficient (Wildman–Crippen LogP) is 3.61. The zero-order valence-corrected chi connectivity index (χ0v) is 12.8. The number of rotatable bonds is 2. The van der Waals surface area contributed by atoms with Gasteiger partial charge in [-0.25, -0.2) is 18.0 Å². The van der Waals surface area contributed by atoms with Gasteiger partial charge in [0.2, 0.25) is 0 Å². The molecular weight excluding hydrogens is 325 g/mol. The minimum atomic E-state index is -1.32. The highest BCUT2D eigenvalue weighted by Gasteiger charge is 2.31. The standard InChI is InChI=1S/C16H15F3N2O3/c1-9-2-3-15(24-9)14-8-23-5-4-21(14)16(22)20-13-7-11(18)10(17)6-12(13)19/h2-3,6-7,14H,4-5,8H2,1H3,(H,20,22)/t14-/m1/s1. The van der Waals surface area contributed by atoms with E-state index in [4.69, 9.17) is 9.15 Å². The van der Waals surface area contributed by atoms with Crippen LogP contribution in [0.15, 0.2) is 28.7 Å². The van der Waals surface area contributed by atoms with Crippen molar-refractivity contribution < 1.29 is 27.1 Å². The third-order valence-electron chi connectivity index (χ3n) is 3.73. The number of hydrogen-bond acceptors (Lipinski definition) is 3. The Labute approximate surface area is 136 Å². The lowest BCUT2D eigenvalue weighted by Crippen LogP contribution is -2.45. The van der Waals surface area contributed by atoms with Crippen LogP contribution in [0.1, 0.15) is 17.6 Å². The molecule has 1 aromatic heterocycles. The van der Waals surface area contributed by atoms with Crippen LogP contribution in [0.2, 0.25) is 0 Å². The van der Waals surface area contributed by atoms with E-state index in [0.29, 0.717) is 30.3 Å². The SMILES string of the molecule is Cc1ccc([C@H]2COCCN2C(=O)Nc2cc(F)c(F)cc2F)o1. The van der Waals surface area contributed by atoms with E-state index in [1.54, 1.807) is 19.1 Å². The van der Waals surface area contributed by atoms with Gasteiger partial charge in [0.05, 0.1) is 18.9 Å². The molecule has 24 heavy (non-hydrogen) atoms. The van der Waals surface area contributed by atoms with Gasteiger partial charge in [0.1, 0.15) is 23.4 Å². The normalized spacial score (nSPS) is 17.8. The van der Waals surface area contributed by atoms with E-state index in [0.717, 1.165) is 0 Å². The van der Waals surface area contributed by atoms with Crippen LogP contribution in [0.5, 0.6) is 0 Å². The summed E-state index contributed by atoms with van der Waals surface area (Å²) in [4.78, 5) is 13.8. The minimum Gasteiger partial charge on any atom is -0.464 e. The number of anilines is 1. The number of aryl methyl sites for hydroxylation is 1. The van der Waals surface area contributed by atoms with Gasteiger partial charge in [-0.15, -0.1) is 0 Å². The quantitative estimate of drug-likeness (QED) is 0.850. The third kappa shape index (κ3) is 3.23. The Balaban J connectivity index is 1.81. The van der Waals surface area contributed by atoms with Crippen molar-refractivity contribution in [2.24, 2.45) is 0 Å². The second-order valence-electron chi connectivity index (χ2n) is 5.41. The van der Waals surface area contributed by atoms with Crippen LogP contribution in [0.25, 0.3) is 0 Å². The minimum absolute atomic E-state index is 0.223. The van der Waals surface area contributed by atoms with E-state index in [1.165, 1.54) is 4.90 Å². The summed E-state index contributed by atoms with van der Waals surface area (Å²) in [7, 11) is 0. The predicted molar refractivity (Wildman–Crippen MR) is 79.0 cm³/mol. The van der Waals surface area contributed by atoms with E-state index in [2.05, 4.69) is 5.32 Å². The zero-order valence-electron chi connectivity index (χ0n) is 12.8. The Morgan fingerprint density at radius 1 is 1.21 bits per heavy atom. The second-order valence-corrected chi connectivity index (χ2v) is 5.41. The molecule has 0 spiro atoms. The van der Waals surface area contributed by atoms with Crippen molar-refractivity contribution >= 4 is 11.7 Å². The van der Waals surface area contributed by atoms with Gasteiger partial charge >= 0.3 is 6.03 Å². The molecule has 128 valence electrons. The number of amides is 2. The molecule has 1 aromatic carbocycles. The van der Waals surface area contributed by atoms with Crippen LogP contribution in [-0.4, -0.2) is 30.7 Å². The smallest absolute Gasteiger partial charge is 0.322 e. The largest absolute Gasteiger partial charge is 0.464 e. The van der Waals surface area contributed by atoms with Crippen molar-refractivity contribution in [1.29, 1.82) is 0 Å². The highest BCUT2D eigenvalue weighted by atomic mass is 19.2. The Hall–Kier alpha value is -2.48. The monoisotopic (exact) mass is 340 g/mol. The second kappa shape index (κ2) is 6.56. The summed E-state index contributed by atoms with van der Waals surface area (Å²) in [6, 6.07) is 3.34. The van der Waals surface area contributed by atoms with Gasteiger partial charge in [0.25, 0.3) is 0 Å². The molecule has 1 aliphatic rings. The number of morpholine rings is 1. The fourth-order valence-corrected chi connectivity index (χ4v) is 2.52. The van der Waals surface area contributed by atoms with Crippen LogP contribution in [-0.2, 0) is 4.74 Å². The molecule has 1 N–H and O–H groups in total. The highest BCUT2D eigenvalue weighted by Crippen LogP contribution is 2.27. The molecule has 2 amide bonds. The van der Waals surface area contributed by atoms with E-state index in [1.807, 2.05) is 0 Å². The average molecular weight is 340 g/mol. The van der Waals surface area contributed by atoms with Crippen molar-refractivity contribution in [1.82, 2.24) is 4.90 Å². The van der Waals surface area contributed by atoms with E-state index in [-0.39, 0.29) is 13.2 Å². The number of urea groups is 1. The fourth-order valence-electron chi connectivity index (χ4n) is 2.52. The summed E-state index contributed by atoms with van der Waals surface area (Å²) in [5.41, 5.74) is -0.431. The topological polar surface area (TPSA) is 54.7 Å². The Kier molecular flexibility index (Phi) is 4.48. The van der Waals surface area contributed by atoms with Crippen LogP contribution < -0.4 is 5.32 Å². The Bertz CT molecular complexity index is 763. The molecular formula is C16H15F3N2O3. The molecule has 0 aliphatic carbocycles. The maximum atomic E-state index is 13.7. The molecule has 2 heterocycles. The van der Waals surface area contributed by atoms with Crippen molar-refractivity contribution in [2.75, 3.05) is 25.1 Å². The van der Waals surface area contributed by atoms with Gasteiger partial charge in [0, 0.05) is 18.7 Å². The molecule has 8 heteroatoms. The number of carbonyl (C=O) groups excluding carboxylic acids is 1. The van der Waals surface area contributed by atoms with Gasteiger partial charge in [-0.05, 0) is 19.1 Å². The molecule has 1 aliphatic heterocycles. The number of hydrogen-bond donors (Lipinski definition) is 1. The fraction of sp³-hybridized carbons (Fsp3) is 0.312. The van der Waals surface area contributed by atoms with Gasteiger partial charge in [-0.3, -0.25) is 0 Å². The summed E-state index contributed by atoms with van der Waals surface area (Å²) >= 11 is 0. The van der Waals surface area contributed by atoms with Crippen molar-refractivity contribution in [2.45, 2.75) is 13.0 Å². The maximum absolute atomic E-state index is 13.7. The number of carbonyl (C=O) groups is 1. The third-order valence-corrected chi connectivity index (χ3v) is 3.73. The van der Waals surface area contributed by atoms with E-state index >= 15 is 0 Å². The summed E-state index contributed by atoms with van der Waals surface area (Å²) in [6.07, 6.45) is 0. The maximum Gasteiger partial charge on any atom is 0.322 e. The highest BCUT2D eigenvalue weighted by molar-refractivity contribution is 5.89. The van der Waals surface area contributed by atoms with Crippen molar-refractivity contribution in [3.05, 3.63) is 53.2 Å².